The van der Waals surface area contributed by atoms with Crippen LogP contribution in [-0.4, -0.2) is 13.4 Å². The van der Waals surface area contributed by atoms with E-state index in [4.69, 9.17) is 16.3 Å². The summed E-state index contributed by atoms with van der Waals surface area (Å²) in [5, 5.41) is 0.404. The third-order valence-electron chi connectivity index (χ3n) is 2.23. The van der Waals surface area contributed by atoms with Crippen molar-refractivity contribution in [3.63, 3.8) is 0 Å². The Morgan fingerprint density at radius 2 is 2.27 bits per heavy atom. The molecular weight excluding hydrogens is 219 g/mol. The molecule has 0 aromatic heterocycles. The maximum Gasteiger partial charge on any atom is 0.168 e. The molecule has 15 heavy (non-hydrogen) atoms. The Morgan fingerprint density at radius 3 is 2.80 bits per heavy atom. The summed E-state index contributed by atoms with van der Waals surface area (Å²) in [5.74, 6) is -0.540. The lowest BCUT2D eigenvalue weighted by molar-refractivity contribution is -0.108. The van der Waals surface area contributed by atoms with Crippen LogP contribution in [0.3, 0.4) is 0 Å². The molecule has 82 valence electrons. The van der Waals surface area contributed by atoms with Crippen molar-refractivity contribution >= 4 is 17.9 Å². The highest BCUT2D eigenvalue weighted by Crippen LogP contribution is 2.31. The lowest BCUT2D eigenvalue weighted by Gasteiger charge is -2.12. The number of carbonyl (C=O) groups is 1. The van der Waals surface area contributed by atoms with E-state index >= 15 is 0 Å². The fraction of sp³-hybridized carbons (Fsp3) is 0.364. The van der Waals surface area contributed by atoms with Gasteiger partial charge in [0.1, 0.15) is 6.29 Å². The number of aldehydes is 1. The van der Waals surface area contributed by atoms with Crippen LogP contribution in [0.5, 0.6) is 5.75 Å². The van der Waals surface area contributed by atoms with Crippen LogP contribution in [0.25, 0.3) is 0 Å². The number of ether oxygens (including phenoxy) is 1. The van der Waals surface area contributed by atoms with Crippen LogP contribution >= 0.6 is 11.6 Å². The van der Waals surface area contributed by atoms with Gasteiger partial charge in [-0.15, -0.1) is 0 Å². The van der Waals surface area contributed by atoms with E-state index in [0.29, 0.717) is 10.6 Å². The van der Waals surface area contributed by atoms with Crippen molar-refractivity contribution in [2.75, 3.05) is 7.11 Å². The van der Waals surface area contributed by atoms with Crippen molar-refractivity contribution in [3.8, 4) is 5.75 Å². The summed E-state index contributed by atoms with van der Waals surface area (Å²) < 4.78 is 18.6. The summed E-state index contributed by atoms with van der Waals surface area (Å²) in [5.41, 5.74) is 0.409. The van der Waals surface area contributed by atoms with E-state index < -0.39 is 5.82 Å². The van der Waals surface area contributed by atoms with Gasteiger partial charge in [0.15, 0.2) is 11.6 Å². The predicted molar refractivity (Wildman–Crippen MR) is 57.1 cm³/mol. The van der Waals surface area contributed by atoms with Crippen molar-refractivity contribution in [3.05, 3.63) is 28.5 Å². The van der Waals surface area contributed by atoms with Gasteiger partial charge in [0.2, 0.25) is 0 Å². The molecule has 1 unspecified atom stereocenters. The first-order valence-corrected chi connectivity index (χ1v) is 4.94. The van der Waals surface area contributed by atoms with Gasteiger partial charge in [0, 0.05) is 17.5 Å². The molecule has 2 nitrogen and oxygen atoms in total. The number of hydrogen-bond acceptors (Lipinski definition) is 2. The number of carbonyl (C=O) groups excluding carboxylic acids is 1. The van der Waals surface area contributed by atoms with E-state index in [1.54, 1.807) is 6.92 Å². The summed E-state index contributed by atoms with van der Waals surface area (Å²) in [4.78, 5) is 10.4. The summed E-state index contributed by atoms with van der Waals surface area (Å²) in [6, 6.07) is 2.93. The zero-order valence-electron chi connectivity index (χ0n) is 8.59. The highest BCUT2D eigenvalue weighted by molar-refractivity contribution is 6.30. The fourth-order valence-corrected chi connectivity index (χ4v) is 1.58. The van der Waals surface area contributed by atoms with Gasteiger partial charge in [-0.3, -0.25) is 0 Å². The summed E-state index contributed by atoms with van der Waals surface area (Å²) in [6.45, 7) is 1.77. The topological polar surface area (TPSA) is 26.3 Å². The minimum Gasteiger partial charge on any atom is -0.494 e. The van der Waals surface area contributed by atoms with Gasteiger partial charge in [-0.25, -0.2) is 4.39 Å². The molecule has 4 heteroatoms. The Balaban J connectivity index is 3.16. The molecule has 0 spiro atoms. The molecule has 1 aromatic rings. The first kappa shape index (κ1) is 12.0. The zero-order valence-corrected chi connectivity index (χ0v) is 9.34. The van der Waals surface area contributed by atoms with Crippen molar-refractivity contribution < 1.29 is 13.9 Å². The van der Waals surface area contributed by atoms with Crippen molar-refractivity contribution in [2.24, 2.45) is 0 Å². The van der Waals surface area contributed by atoms with Gasteiger partial charge in [0.25, 0.3) is 0 Å². The molecule has 0 aliphatic heterocycles. The van der Waals surface area contributed by atoms with Gasteiger partial charge < -0.3 is 9.53 Å². The van der Waals surface area contributed by atoms with E-state index in [0.717, 1.165) is 6.29 Å². The molecule has 0 saturated heterocycles. The maximum atomic E-state index is 13.7. The normalized spacial score (nSPS) is 12.3. The molecule has 0 saturated carbocycles. The van der Waals surface area contributed by atoms with Crippen LogP contribution in [0.1, 0.15) is 24.8 Å². The molecule has 0 N–H and O–H groups in total. The molecule has 0 heterocycles. The Labute approximate surface area is 93.0 Å². The van der Waals surface area contributed by atoms with Crippen LogP contribution in [0.15, 0.2) is 12.1 Å². The lowest BCUT2D eigenvalue weighted by Crippen LogP contribution is -2.00. The molecule has 1 atom stereocenters. The van der Waals surface area contributed by atoms with Crippen LogP contribution in [-0.2, 0) is 4.79 Å². The predicted octanol–water partition coefficient (Wildman–Crippen LogP) is 3.18. The van der Waals surface area contributed by atoms with Crippen molar-refractivity contribution in [1.82, 2.24) is 0 Å². The molecule has 0 bridgehead atoms. The average Bonchev–Trinajstić information content (AvgIpc) is 2.21. The molecule has 1 aromatic carbocycles. The van der Waals surface area contributed by atoms with Crippen molar-refractivity contribution in [1.29, 1.82) is 0 Å². The highest BCUT2D eigenvalue weighted by Gasteiger charge is 2.15. The van der Waals surface area contributed by atoms with E-state index in [1.807, 2.05) is 0 Å². The van der Waals surface area contributed by atoms with Crippen LogP contribution < -0.4 is 4.74 Å². The molecule has 0 aliphatic carbocycles. The van der Waals surface area contributed by atoms with Crippen LogP contribution in [0.4, 0.5) is 4.39 Å². The number of halogens is 2. The number of methoxy groups -OCH3 is 1. The van der Waals surface area contributed by atoms with E-state index in [2.05, 4.69) is 0 Å². The van der Waals surface area contributed by atoms with Crippen molar-refractivity contribution in [2.45, 2.75) is 19.3 Å². The number of benzene rings is 1. The van der Waals surface area contributed by atoms with Crippen LogP contribution in [0.2, 0.25) is 5.02 Å². The van der Waals surface area contributed by atoms with E-state index in [-0.39, 0.29) is 18.1 Å². The zero-order chi connectivity index (χ0) is 11.4. The molecule has 0 amide bonds. The summed E-state index contributed by atoms with van der Waals surface area (Å²) in [6.07, 6.45) is 1.03. The summed E-state index contributed by atoms with van der Waals surface area (Å²) in [7, 11) is 1.38. The molecule has 0 radical (unpaired) electrons. The fourth-order valence-electron chi connectivity index (χ4n) is 1.36. The molecule has 0 fully saturated rings. The Bertz CT molecular complexity index is 366. The second kappa shape index (κ2) is 5.12. The van der Waals surface area contributed by atoms with Gasteiger partial charge in [-0.05, 0) is 17.5 Å². The minimum absolute atomic E-state index is 0.107. The molecular formula is C11H12ClFO2. The smallest absolute Gasteiger partial charge is 0.168 e. The second-order valence-corrected chi connectivity index (χ2v) is 3.75. The third kappa shape index (κ3) is 2.69. The highest BCUT2D eigenvalue weighted by atomic mass is 35.5. The summed E-state index contributed by atoms with van der Waals surface area (Å²) >= 11 is 5.81. The molecule has 1 rings (SSSR count). The standard InChI is InChI=1S/C11H12ClFO2/c1-7(3-4-14)9-5-8(12)6-10(15-2)11(9)13/h4-7H,3H2,1-2H3. The SMILES string of the molecule is COc1cc(Cl)cc(C(C)CC=O)c1F. The third-order valence-corrected chi connectivity index (χ3v) is 2.45. The second-order valence-electron chi connectivity index (χ2n) is 3.31. The number of rotatable bonds is 4. The van der Waals surface area contributed by atoms with Gasteiger partial charge in [-0.2, -0.15) is 0 Å². The Hall–Kier alpha value is -1.09. The quantitative estimate of drug-likeness (QED) is 0.743. The maximum absolute atomic E-state index is 13.7. The molecule has 0 aliphatic rings. The Kier molecular flexibility index (Phi) is 4.09. The first-order chi connectivity index (χ1) is 7.10. The Morgan fingerprint density at radius 1 is 1.60 bits per heavy atom. The minimum atomic E-state index is -0.448. The average molecular weight is 231 g/mol. The van der Waals surface area contributed by atoms with E-state index in [9.17, 15) is 9.18 Å². The van der Waals surface area contributed by atoms with Gasteiger partial charge in [0.05, 0.1) is 7.11 Å². The largest absolute Gasteiger partial charge is 0.494 e. The first-order valence-electron chi connectivity index (χ1n) is 4.56. The van der Waals surface area contributed by atoms with E-state index in [1.165, 1.54) is 19.2 Å². The van der Waals surface area contributed by atoms with Crippen LogP contribution in [0, 0.1) is 5.82 Å². The lowest BCUT2D eigenvalue weighted by atomic mass is 9.97. The monoisotopic (exact) mass is 230 g/mol. The number of hydrogen-bond donors (Lipinski definition) is 0. The van der Waals surface area contributed by atoms with Gasteiger partial charge in [-0.1, -0.05) is 18.5 Å². The van der Waals surface area contributed by atoms with Gasteiger partial charge >= 0.3 is 0 Å².